The van der Waals surface area contributed by atoms with Crippen LogP contribution in [-0.2, 0) is 11.2 Å². The highest BCUT2D eigenvalue weighted by Crippen LogP contribution is 2.17. The monoisotopic (exact) mass is 300 g/mol. The van der Waals surface area contributed by atoms with Crippen LogP contribution in [0.4, 0.5) is 5.69 Å². The number of aryl methyl sites for hydroxylation is 1. The summed E-state index contributed by atoms with van der Waals surface area (Å²) in [4.78, 5) is 16.6. The van der Waals surface area contributed by atoms with Crippen LogP contribution in [0.25, 0.3) is 0 Å². The van der Waals surface area contributed by atoms with Crippen molar-refractivity contribution in [2.75, 3.05) is 31.1 Å². The lowest BCUT2D eigenvalue weighted by Gasteiger charge is -2.36. The molecular formula is C17H20N2OS. The summed E-state index contributed by atoms with van der Waals surface area (Å²) in [5.41, 5.74) is 3.67. The van der Waals surface area contributed by atoms with Gasteiger partial charge in [0.15, 0.2) is 0 Å². The van der Waals surface area contributed by atoms with Gasteiger partial charge < -0.3 is 9.80 Å². The van der Waals surface area contributed by atoms with Gasteiger partial charge >= 0.3 is 0 Å². The quantitative estimate of drug-likeness (QED) is 0.870. The molecule has 1 amide bonds. The van der Waals surface area contributed by atoms with Crippen LogP contribution >= 0.6 is 11.3 Å². The van der Waals surface area contributed by atoms with E-state index < -0.39 is 0 Å². The second kappa shape index (κ2) is 6.31. The molecule has 1 aliphatic heterocycles. The number of anilines is 1. The molecule has 1 saturated heterocycles. The molecule has 2 heterocycles. The van der Waals surface area contributed by atoms with Crippen LogP contribution in [-0.4, -0.2) is 37.0 Å². The predicted molar refractivity (Wildman–Crippen MR) is 88.0 cm³/mol. The van der Waals surface area contributed by atoms with E-state index in [0.29, 0.717) is 6.42 Å². The Labute approximate surface area is 129 Å². The van der Waals surface area contributed by atoms with Gasteiger partial charge in [-0.3, -0.25) is 4.79 Å². The molecule has 0 saturated carbocycles. The van der Waals surface area contributed by atoms with Crippen molar-refractivity contribution >= 4 is 22.9 Å². The number of hydrogen-bond acceptors (Lipinski definition) is 3. The van der Waals surface area contributed by atoms with Crippen LogP contribution in [0.3, 0.4) is 0 Å². The molecule has 0 unspecified atom stereocenters. The van der Waals surface area contributed by atoms with Gasteiger partial charge in [-0.1, -0.05) is 17.7 Å². The highest BCUT2D eigenvalue weighted by molar-refractivity contribution is 7.07. The molecule has 21 heavy (non-hydrogen) atoms. The molecule has 1 fully saturated rings. The van der Waals surface area contributed by atoms with E-state index in [2.05, 4.69) is 41.5 Å². The van der Waals surface area contributed by atoms with Gasteiger partial charge in [0.1, 0.15) is 0 Å². The summed E-state index contributed by atoms with van der Waals surface area (Å²) in [6, 6.07) is 10.6. The van der Waals surface area contributed by atoms with Crippen LogP contribution in [0.1, 0.15) is 11.1 Å². The van der Waals surface area contributed by atoms with Crippen molar-refractivity contribution in [3.63, 3.8) is 0 Å². The number of rotatable bonds is 3. The van der Waals surface area contributed by atoms with E-state index in [1.165, 1.54) is 11.3 Å². The van der Waals surface area contributed by atoms with Crippen molar-refractivity contribution in [1.29, 1.82) is 0 Å². The number of hydrogen-bond donors (Lipinski definition) is 0. The lowest BCUT2D eigenvalue weighted by atomic mass is 10.2. The zero-order valence-corrected chi connectivity index (χ0v) is 13.1. The van der Waals surface area contributed by atoms with Crippen molar-refractivity contribution < 1.29 is 4.79 Å². The minimum absolute atomic E-state index is 0.247. The van der Waals surface area contributed by atoms with Crippen LogP contribution in [0.5, 0.6) is 0 Å². The third-order valence-corrected chi connectivity index (χ3v) is 4.70. The number of carbonyl (C=O) groups excluding carboxylic acids is 1. The summed E-state index contributed by atoms with van der Waals surface area (Å²) in [6.45, 7) is 5.56. The molecule has 0 atom stereocenters. The third-order valence-electron chi connectivity index (χ3n) is 3.97. The Morgan fingerprint density at radius 3 is 2.43 bits per heavy atom. The summed E-state index contributed by atoms with van der Waals surface area (Å²) < 4.78 is 0. The highest BCUT2D eigenvalue weighted by atomic mass is 32.1. The Kier molecular flexibility index (Phi) is 4.25. The molecule has 3 rings (SSSR count). The first-order valence-electron chi connectivity index (χ1n) is 7.33. The predicted octanol–water partition coefficient (Wildman–Crippen LogP) is 2.95. The third kappa shape index (κ3) is 3.45. The minimum Gasteiger partial charge on any atom is -0.368 e. The Balaban J connectivity index is 1.55. The van der Waals surface area contributed by atoms with Gasteiger partial charge in [-0.25, -0.2) is 0 Å². The zero-order valence-electron chi connectivity index (χ0n) is 12.3. The lowest BCUT2D eigenvalue weighted by Crippen LogP contribution is -2.49. The summed E-state index contributed by atoms with van der Waals surface area (Å²) in [5, 5.41) is 4.08. The van der Waals surface area contributed by atoms with E-state index in [-0.39, 0.29) is 5.91 Å². The normalized spacial score (nSPS) is 15.3. The summed E-state index contributed by atoms with van der Waals surface area (Å²) in [6.07, 6.45) is 0.536. The topological polar surface area (TPSA) is 23.6 Å². The van der Waals surface area contributed by atoms with Gasteiger partial charge in [0.05, 0.1) is 6.42 Å². The van der Waals surface area contributed by atoms with Gasteiger partial charge in [-0.2, -0.15) is 11.3 Å². The first kappa shape index (κ1) is 14.1. The summed E-state index contributed by atoms with van der Waals surface area (Å²) >= 11 is 1.65. The second-order valence-electron chi connectivity index (χ2n) is 5.51. The van der Waals surface area contributed by atoms with Crippen LogP contribution < -0.4 is 4.90 Å². The van der Waals surface area contributed by atoms with Crippen molar-refractivity contribution in [1.82, 2.24) is 4.90 Å². The lowest BCUT2D eigenvalue weighted by molar-refractivity contribution is -0.130. The molecule has 0 radical (unpaired) electrons. The smallest absolute Gasteiger partial charge is 0.227 e. The maximum absolute atomic E-state index is 12.3. The van der Waals surface area contributed by atoms with E-state index in [0.717, 1.165) is 31.7 Å². The zero-order chi connectivity index (χ0) is 14.7. The van der Waals surface area contributed by atoms with Crippen molar-refractivity contribution in [3.05, 3.63) is 52.2 Å². The fourth-order valence-electron chi connectivity index (χ4n) is 2.65. The number of benzene rings is 1. The largest absolute Gasteiger partial charge is 0.368 e. The number of carbonyl (C=O) groups is 1. The Hall–Kier alpha value is -1.81. The summed E-state index contributed by atoms with van der Waals surface area (Å²) in [7, 11) is 0. The average molecular weight is 300 g/mol. The number of nitrogens with zero attached hydrogens (tertiary/aromatic N) is 2. The molecular weight excluding hydrogens is 280 g/mol. The molecule has 0 N–H and O–H groups in total. The Morgan fingerprint density at radius 1 is 1.10 bits per heavy atom. The fourth-order valence-corrected chi connectivity index (χ4v) is 3.32. The fraction of sp³-hybridized carbons (Fsp3) is 0.353. The van der Waals surface area contributed by atoms with Crippen LogP contribution in [0, 0.1) is 6.92 Å². The number of thiophene rings is 1. The first-order valence-corrected chi connectivity index (χ1v) is 8.27. The maximum Gasteiger partial charge on any atom is 0.227 e. The van der Waals surface area contributed by atoms with E-state index in [1.54, 1.807) is 11.3 Å². The van der Waals surface area contributed by atoms with Gasteiger partial charge in [-0.15, -0.1) is 0 Å². The van der Waals surface area contributed by atoms with Crippen LogP contribution in [0.2, 0.25) is 0 Å². The molecule has 110 valence electrons. The minimum atomic E-state index is 0.247. The van der Waals surface area contributed by atoms with E-state index in [4.69, 9.17) is 0 Å². The molecule has 2 aromatic rings. The SMILES string of the molecule is Cc1ccc(N2CCN(C(=O)Cc3ccsc3)CC2)cc1. The van der Waals surface area contributed by atoms with Crippen molar-refractivity contribution in [2.45, 2.75) is 13.3 Å². The van der Waals surface area contributed by atoms with Crippen molar-refractivity contribution in [2.24, 2.45) is 0 Å². The molecule has 0 aliphatic carbocycles. The van der Waals surface area contributed by atoms with E-state index >= 15 is 0 Å². The molecule has 3 nitrogen and oxygen atoms in total. The van der Waals surface area contributed by atoms with Gasteiger partial charge in [0, 0.05) is 31.9 Å². The molecule has 4 heteroatoms. The molecule has 1 aliphatic rings. The van der Waals surface area contributed by atoms with Gasteiger partial charge in [0.2, 0.25) is 5.91 Å². The Morgan fingerprint density at radius 2 is 1.81 bits per heavy atom. The molecule has 1 aromatic heterocycles. The molecule has 0 spiro atoms. The van der Waals surface area contributed by atoms with Gasteiger partial charge in [-0.05, 0) is 41.4 Å². The van der Waals surface area contributed by atoms with E-state index in [9.17, 15) is 4.79 Å². The van der Waals surface area contributed by atoms with Crippen LogP contribution in [0.15, 0.2) is 41.1 Å². The number of piperazine rings is 1. The average Bonchev–Trinajstić information content (AvgIpc) is 3.01. The second-order valence-corrected chi connectivity index (χ2v) is 6.29. The van der Waals surface area contributed by atoms with E-state index in [1.807, 2.05) is 16.3 Å². The highest BCUT2D eigenvalue weighted by Gasteiger charge is 2.21. The standard InChI is InChI=1S/C17H20N2OS/c1-14-2-4-16(5-3-14)18-7-9-19(10-8-18)17(20)12-15-6-11-21-13-15/h2-6,11,13H,7-10,12H2,1H3. The number of amides is 1. The first-order chi connectivity index (χ1) is 10.2. The maximum atomic E-state index is 12.3. The summed E-state index contributed by atoms with van der Waals surface area (Å²) in [5.74, 6) is 0.247. The van der Waals surface area contributed by atoms with Crippen molar-refractivity contribution in [3.8, 4) is 0 Å². The molecule has 0 bridgehead atoms. The Bertz CT molecular complexity index is 584. The molecule has 1 aromatic carbocycles. The van der Waals surface area contributed by atoms with Gasteiger partial charge in [0.25, 0.3) is 0 Å².